The smallest absolute Gasteiger partial charge is 0.238 e. The van der Waals surface area contributed by atoms with E-state index in [1.54, 1.807) is 12.5 Å². The Labute approximate surface area is 94.8 Å². The maximum atomic E-state index is 11.4. The van der Waals surface area contributed by atoms with Gasteiger partial charge in [0.15, 0.2) is 0 Å². The highest BCUT2D eigenvalue weighted by Gasteiger charge is 2.27. The van der Waals surface area contributed by atoms with Crippen LogP contribution in [0.5, 0.6) is 0 Å². The average molecular weight is 232 g/mol. The number of guanidine groups is 1. The number of rotatable bonds is 0. The van der Waals surface area contributed by atoms with Gasteiger partial charge in [0.05, 0.1) is 16.5 Å². The molecule has 1 atom stereocenters. The Morgan fingerprint density at radius 3 is 3.00 bits per heavy atom. The Morgan fingerprint density at radius 2 is 2.19 bits per heavy atom. The average Bonchev–Trinajstić information content (AvgIpc) is 2.29. The van der Waals surface area contributed by atoms with Gasteiger partial charge in [-0.05, 0) is 18.2 Å². The zero-order valence-electron chi connectivity index (χ0n) is 8.49. The molecular weight excluding hydrogens is 224 g/mol. The molecule has 80 valence electrons. The highest BCUT2D eigenvalue weighted by Crippen LogP contribution is 2.26. The minimum atomic E-state index is -1.20. The summed E-state index contributed by atoms with van der Waals surface area (Å²) in [6.07, 6.45) is 10.8. The first-order chi connectivity index (χ1) is 7.75. The molecule has 0 aromatic carbocycles. The van der Waals surface area contributed by atoms with Crippen molar-refractivity contribution in [3.63, 3.8) is 0 Å². The molecule has 0 aromatic heterocycles. The normalized spacial score (nSPS) is 22.9. The molecule has 3 aliphatic heterocycles. The maximum Gasteiger partial charge on any atom is 0.238 e. The van der Waals surface area contributed by atoms with Crippen molar-refractivity contribution >= 4 is 28.1 Å². The van der Waals surface area contributed by atoms with Crippen molar-refractivity contribution in [1.29, 1.82) is 0 Å². The van der Waals surface area contributed by atoms with Crippen LogP contribution in [0.4, 0.5) is 0 Å². The Kier molecular flexibility index (Phi) is 1.97. The van der Waals surface area contributed by atoms with E-state index < -0.39 is 10.8 Å². The molecule has 0 bridgehead atoms. The fourth-order valence-corrected chi connectivity index (χ4v) is 2.04. The van der Waals surface area contributed by atoms with Gasteiger partial charge < -0.3 is 0 Å². The number of aliphatic imine (C=N–C) groups is 3. The molecule has 3 aliphatic rings. The standard InChI is InChI=1S/C10H8N4OS/c1-16(15)10-12-8-4-2-3-7-5-6-11-9(13-10)14(7)8/h2-6H,1H3. The summed E-state index contributed by atoms with van der Waals surface area (Å²) < 4.78 is 11.4. The lowest BCUT2D eigenvalue weighted by Crippen LogP contribution is -2.35. The second-order valence-corrected chi connectivity index (χ2v) is 4.62. The number of nitrogens with zero attached hydrogens (tertiary/aromatic N) is 4. The van der Waals surface area contributed by atoms with E-state index in [0.717, 1.165) is 5.70 Å². The van der Waals surface area contributed by atoms with Crippen LogP contribution < -0.4 is 0 Å². The van der Waals surface area contributed by atoms with Gasteiger partial charge in [0.1, 0.15) is 5.82 Å². The Morgan fingerprint density at radius 1 is 1.31 bits per heavy atom. The van der Waals surface area contributed by atoms with Crippen molar-refractivity contribution in [1.82, 2.24) is 4.90 Å². The lowest BCUT2D eigenvalue weighted by atomic mass is 10.2. The van der Waals surface area contributed by atoms with Gasteiger partial charge in [0.25, 0.3) is 0 Å². The molecule has 0 saturated heterocycles. The predicted octanol–water partition coefficient (Wildman–Crippen LogP) is 0.772. The van der Waals surface area contributed by atoms with Crippen LogP contribution in [0.15, 0.2) is 50.8 Å². The Bertz CT molecular complexity index is 563. The molecule has 0 aromatic rings. The van der Waals surface area contributed by atoms with Crippen LogP contribution in [-0.4, -0.2) is 32.7 Å². The molecule has 1 unspecified atom stereocenters. The number of allylic oxidation sites excluding steroid dienone is 4. The fourth-order valence-electron chi connectivity index (χ4n) is 1.60. The van der Waals surface area contributed by atoms with Gasteiger partial charge >= 0.3 is 0 Å². The van der Waals surface area contributed by atoms with E-state index in [-0.39, 0.29) is 0 Å². The quantitative estimate of drug-likeness (QED) is 0.619. The largest absolute Gasteiger partial charge is 0.263 e. The van der Waals surface area contributed by atoms with E-state index in [0.29, 0.717) is 16.9 Å². The van der Waals surface area contributed by atoms with Crippen LogP contribution in [0.2, 0.25) is 0 Å². The van der Waals surface area contributed by atoms with Crippen LogP contribution in [0.25, 0.3) is 0 Å². The molecule has 5 nitrogen and oxygen atoms in total. The molecule has 0 N–H and O–H groups in total. The fraction of sp³-hybridized carbons (Fsp3) is 0.100. The third-order valence-corrected chi connectivity index (χ3v) is 2.99. The zero-order valence-corrected chi connectivity index (χ0v) is 9.31. The molecular formula is C10H8N4OS. The molecule has 3 heterocycles. The summed E-state index contributed by atoms with van der Waals surface area (Å²) in [5.41, 5.74) is 0.968. The van der Waals surface area contributed by atoms with E-state index in [1.807, 2.05) is 29.2 Å². The summed E-state index contributed by atoms with van der Waals surface area (Å²) in [6.45, 7) is 0. The van der Waals surface area contributed by atoms with Gasteiger partial charge in [0.2, 0.25) is 11.1 Å². The summed E-state index contributed by atoms with van der Waals surface area (Å²) in [5, 5.41) is 0.311. The van der Waals surface area contributed by atoms with Crippen molar-refractivity contribution in [3.05, 3.63) is 35.8 Å². The third kappa shape index (κ3) is 1.30. The first kappa shape index (κ1) is 9.41. The molecule has 6 heteroatoms. The second kappa shape index (κ2) is 3.34. The molecule has 0 radical (unpaired) electrons. The van der Waals surface area contributed by atoms with Crippen LogP contribution in [0.1, 0.15) is 0 Å². The zero-order chi connectivity index (χ0) is 11.1. The van der Waals surface area contributed by atoms with E-state index in [9.17, 15) is 4.21 Å². The molecule has 0 spiro atoms. The Balaban J connectivity index is 2.18. The van der Waals surface area contributed by atoms with Gasteiger partial charge in [-0.2, -0.15) is 4.99 Å². The molecule has 3 rings (SSSR count). The highest BCUT2D eigenvalue weighted by molar-refractivity contribution is 8.00. The predicted molar refractivity (Wildman–Crippen MR) is 64.6 cm³/mol. The van der Waals surface area contributed by atoms with Gasteiger partial charge in [-0.15, -0.1) is 0 Å². The lowest BCUT2D eigenvalue weighted by molar-refractivity contribution is 0.618. The summed E-state index contributed by atoms with van der Waals surface area (Å²) in [7, 11) is -1.20. The van der Waals surface area contributed by atoms with E-state index in [2.05, 4.69) is 15.0 Å². The first-order valence-electron chi connectivity index (χ1n) is 4.69. The second-order valence-electron chi connectivity index (χ2n) is 3.35. The maximum absolute atomic E-state index is 11.4. The summed E-state index contributed by atoms with van der Waals surface area (Å²) in [4.78, 5) is 14.4. The first-order valence-corrected chi connectivity index (χ1v) is 6.25. The van der Waals surface area contributed by atoms with Crippen molar-refractivity contribution < 1.29 is 4.21 Å². The Hall–Kier alpha value is -1.82. The monoisotopic (exact) mass is 232 g/mol. The molecule has 16 heavy (non-hydrogen) atoms. The van der Waals surface area contributed by atoms with Crippen molar-refractivity contribution in [2.45, 2.75) is 0 Å². The van der Waals surface area contributed by atoms with Crippen LogP contribution in [0, 0.1) is 0 Å². The van der Waals surface area contributed by atoms with Gasteiger partial charge in [0, 0.05) is 12.5 Å². The van der Waals surface area contributed by atoms with Crippen LogP contribution in [0.3, 0.4) is 0 Å². The number of amidine groups is 1. The van der Waals surface area contributed by atoms with Crippen molar-refractivity contribution in [2.24, 2.45) is 15.0 Å². The minimum absolute atomic E-state index is 0.311. The highest BCUT2D eigenvalue weighted by atomic mass is 32.2. The van der Waals surface area contributed by atoms with Gasteiger partial charge in [-0.1, -0.05) is 6.08 Å². The molecule has 0 amide bonds. The minimum Gasteiger partial charge on any atom is -0.263 e. The van der Waals surface area contributed by atoms with Crippen LogP contribution >= 0.6 is 0 Å². The SMILES string of the molecule is CS(=O)C1=NC2=CC=CC3=CC=NC(=N1)N32. The number of hydrogen-bond donors (Lipinski definition) is 0. The van der Waals surface area contributed by atoms with Crippen molar-refractivity contribution in [3.8, 4) is 0 Å². The van der Waals surface area contributed by atoms with Crippen molar-refractivity contribution in [2.75, 3.05) is 6.26 Å². The number of hydrogen-bond acceptors (Lipinski definition) is 5. The summed E-state index contributed by atoms with van der Waals surface area (Å²) in [6, 6.07) is 0. The summed E-state index contributed by atoms with van der Waals surface area (Å²) in [5.74, 6) is 1.23. The van der Waals surface area contributed by atoms with Crippen LogP contribution in [-0.2, 0) is 10.8 Å². The van der Waals surface area contributed by atoms with E-state index in [1.165, 1.54) is 0 Å². The molecule has 0 aliphatic carbocycles. The lowest BCUT2D eigenvalue weighted by Gasteiger charge is -2.30. The van der Waals surface area contributed by atoms with Gasteiger partial charge in [-0.3, -0.25) is 9.11 Å². The molecule has 0 saturated carbocycles. The van der Waals surface area contributed by atoms with Gasteiger partial charge in [-0.25, -0.2) is 9.98 Å². The topological polar surface area (TPSA) is 57.4 Å². The summed E-state index contributed by atoms with van der Waals surface area (Å²) >= 11 is 0. The molecule has 0 fully saturated rings. The van der Waals surface area contributed by atoms with E-state index >= 15 is 0 Å². The van der Waals surface area contributed by atoms with E-state index in [4.69, 9.17) is 0 Å². The third-order valence-electron chi connectivity index (χ3n) is 2.30.